The Kier molecular flexibility index (Phi) is 7.45. The van der Waals surface area contributed by atoms with E-state index >= 15 is 0 Å². The molecule has 2 aromatic carbocycles. The Hall–Kier alpha value is -1.18. The molecule has 0 bridgehead atoms. The minimum atomic E-state index is -0.147. The summed E-state index contributed by atoms with van der Waals surface area (Å²) in [6, 6.07) is 11.4. The summed E-state index contributed by atoms with van der Waals surface area (Å²) in [5.74, 6) is 1.02. The van der Waals surface area contributed by atoms with Gasteiger partial charge in [0.15, 0.2) is 17.3 Å². The highest BCUT2D eigenvalue weighted by atomic mass is 127. The zero-order valence-electron chi connectivity index (χ0n) is 13.1. The summed E-state index contributed by atoms with van der Waals surface area (Å²) in [6.07, 6.45) is 2.01. The van der Waals surface area contributed by atoms with Gasteiger partial charge in [0.05, 0.1) is 17.3 Å². The molecule has 0 radical (unpaired) electrons. The molecule has 0 amide bonds. The van der Waals surface area contributed by atoms with E-state index < -0.39 is 0 Å². The molecule has 0 atom stereocenters. The third-order valence-corrected chi connectivity index (χ3v) is 5.24. The quantitative estimate of drug-likeness (QED) is 0.286. The van der Waals surface area contributed by atoms with Crippen molar-refractivity contribution in [2.24, 2.45) is 0 Å². The summed E-state index contributed by atoms with van der Waals surface area (Å²) in [6.45, 7) is 3.99. The molecule has 0 unspecified atom stereocenters. The van der Waals surface area contributed by atoms with Gasteiger partial charge in [-0.05, 0) is 74.1 Å². The number of hydrogen-bond donors (Lipinski definition) is 0. The van der Waals surface area contributed by atoms with Gasteiger partial charge in [-0.3, -0.25) is 4.79 Å². The van der Waals surface area contributed by atoms with Crippen molar-refractivity contribution < 1.29 is 14.3 Å². The van der Waals surface area contributed by atoms with Crippen LogP contribution in [0.4, 0.5) is 0 Å². The van der Waals surface area contributed by atoms with Crippen LogP contribution in [0.5, 0.6) is 11.5 Å². The zero-order valence-corrected chi connectivity index (χ0v) is 16.8. The Morgan fingerprint density at radius 1 is 1.38 bits per heavy atom. The maximum atomic E-state index is 11.8. The number of hydrogen-bond acceptors (Lipinski definition) is 4. The van der Waals surface area contributed by atoms with Gasteiger partial charge >= 0.3 is 0 Å². The molecule has 2 aromatic rings. The van der Waals surface area contributed by atoms with E-state index in [2.05, 4.69) is 29.2 Å². The summed E-state index contributed by atoms with van der Waals surface area (Å²) in [5.41, 5.74) is 1.66. The molecule has 0 aliphatic heterocycles. The first-order chi connectivity index (χ1) is 11.6. The second-order valence-electron chi connectivity index (χ2n) is 4.84. The van der Waals surface area contributed by atoms with E-state index in [1.165, 1.54) is 17.1 Å². The van der Waals surface area contributed by atoms with Crippen LogP contribution in [0.25, 0.3) is 0 Å². The molecule has 0 spiro atoms. The second-order valence-corrected chi connectivity index (χ2v) is 7.06. The van der Waals surface area contributed by atoms with Gasteiger partial charge in [0.1, 0.15) is 0 Å². The monoisotopic (exact) mass is 474 g/mol. The molecule has 126 valence electrons. The van der Waals surface area contributed by atoms with Crippen LogP contribution >= 0.6 is 44.2 Å². The summed E-state index contributed by atoms with van der Waals surface area (Å²) in [4.78, 5) is 12.8. The van der Waals surface area contributed by atoms with Crippen LogP contribution in [0.1, 0.15) is 15.9 Å². The van der Waals surface area contributed by atoms with Crippen molar-refractivity contribution in [3.05, 3.63) is 63.8 Å². The smallest absolute Gasteiger partial charge is 0.185 e. The summed E-state index contributed by atoms with van der Waals surface area (Å²) >= 11 is 2.14. The molecule has 0 aliphatic carbocycles. The minimum Gasteiger partial charge on any atom is -0.493 e. The molecule has 6 heteroatoms. The van der Waals surface area contributed by atoms with E-state index in [9.17, 15) is 4.79 Å². The molecule has 0 fully saturated rings. The second kappa shape index (κ2) is 9.34. The van der Waals surface area contributed by atoms with E-state index in [4.69, 9.17) is 20.2 Å². The van der Waals surface area contributed by atoms with E-state index in [0.29, 0.717) is 23.7 Å². The van der Waals surface area contributed by atoms with Gasteiger partial charge < -0.3 is 9.47 Å². The summed E-state index contributed by atoms with van der Waals surface area (Å²) in [5, 5.41) is 0. The Labute approximate surface area is 164 Å². The van der Waals surface area contributed by atoms with Crippen molar-refractivity contribution in [2.45, 2.75) is 11.3 Å². The van der Waals surface area contributed by atoms with Crippen molar-refractivity contribution in [3.8, 4) is 11.5 Å². The van der Waals surface area contributed by atoms with Gasteiger partial charge in [-0.1, -0.05) is 24.8 Å². The highest BCUT2D eigenvalue weighted by Gasteiger charge is 2.14. The average molecular weight is 475 g/mol. The van der Waals surface area contributed by atoms with Gasteiger partial charge in [-0.2, -0.15) is 0 Å². The van der Waals surface area contributed by atoms with Crippen molar-refractivity contribution in [3.63, 3.8) is 0 Å². The van der Waals surface area contributed by atoms with Crippen molar-refractivity contribution in [1.82, 2.24) is 0 Å². The number of carbonyl (C=O) groups excluding carboxylic acids is 1. The van der Waals surface area contributed by atoms with E-state index in [0.717, 1.165) is 20.4 Å². The Morgan fingerprint density at radius 3 is 2.79 bits per heavy atom. The number of carbonyl (C=O) groups is 1. The lowest BCUT2D eigenvalue weighted by molar-refractivity contribution is 0.104. The molecule has 0 aromatic heterocycles. The summed E-state index contributed by atoms with van der Waals surface area (Å²) in [7, 11) is 8.64. The molecule has 0 aliphatic rings. The zero-order chi connectivity index (χ0) is 17.5. The number of halogens is 2. The predicted molar refractivity (Wildman–Crippen MR) is 108 cm³/mol. The molecule has 0 heterocycles. The third-order valence-electron chi connectivity index (χ3n) is 3.37. The number of ether oxygens (including phenoxy) is 2. The van der Waals surface area contributed by atoms with Gasteiger partial charge in [0.2, 0.25) is 0 Å². The Morgan fingerprint density at radius 2 is 2.12 bits per heavy atom. The van der Waals surface area contributed by atoms with Gasteiger partial charge in [0.25, 0.3) is 0 Å². The van der Waals surface area contributed by atoms with Gasteiger partial charge in [0, 0.05) is 16.9 Å². The highest BCUT2D eigenvalue weighted by molar-refractivity contribution is 14.1. The predicted octanol–water partition coefficient (Wildman–Crippen LogP) is 5.54. The van der Waals surface area contributed by atoms with Crippen LogP contribution in [-0.4, -0.2) is 19.5 Å². The van der Waals surface area contributed by atoms with Crippen molar-refractivity contribution in [1.29, 1.82) is 0 Å². The van der Waals surface area contributed by atoms with Gasteiger partial charge in [-0.15, -0.1) is 0 Å². The molecule has 0 N–H and O–H groups in total. The fraction of sp³-hybridized carbons (Fsp3) is 0.167. The fourth-order valence-electron chi connectivity index (χ4n) is 2.17. The maximum Gasteiger partial charge on any atom is 0.185 e. The first-order valence-electron chi connectivity index (χ1n) is 7.14. The molecule has 0 saturated heterocycles. The lowest BCUT2D eigenvalue weighted by Crippen LogP contribution is -2.06. The number of allylic oxidation sites excluding steroid dienone is 1. The molecular weight excluding hydrogens is 459 g/mol. The lowest BCUT2D eigenvalue weighted by Gasteiger charge is -2.14. The largest absolute Gasteiger partial charge is 0.493 e. The number of methoxy groups -OCH3 is 1. The third kappa shape index (κ3) is 4.68. The minimum absolute atomic E-state index is 0.147. The molecule has 0 saturated carbocycles. The SMILES string of the molecule is C=CC(=O)c1cc(I)c(OCCc2ccccc2SCl)c(OC)c1. The van der Waals surface area contributed by atoms with Crippen LogP contribution in [-0.2, 0) is 6.42 Å². The average Bonchev–Trinajstić information content (AvgIpc) is 2.62. The molecular formula is C18H16ClIO3S. The number of ketones is 1. The molecule has 3 nitrogen and oxygen atoms in total. The Balaban J connectivity index is 2.14. The molecule has 24 heavy (non-hydrogen) atoms. The molecule has 2 rings (SSSR count). The maximum absolute atomic E-state index is 11.8. The first kappa shape index (κ1) is 19.1. The number of benzene rings is 2. The van der Waals surface area contributed by atoms with Crippen LogP contribution in [0.15, 0.2) is 53.9 Å². The fourth-order valence-corrected chi connectivity index (χ4v) is 3.78. The number of rotatable bonds is 8. The van der Waals surface area contributed by atoms with Crippen LogP contribution in [0, 0.1) is 3.57 Å². The van der Waals surface area contributed by atoms with E-state index in [1.54, 1.807) is 19.2 Å². The normalized spacial score (nSPS) is 10.3. The van der Waals surface area contributed by atoms with Crippen LogP contribution in [0.3, 0.4) is 0 Å². The van der Waals surface area contributed by atoms with E-state index in [1.807, 2.05) is 24.3 Å². The standard InChI is InChI=1S/C18H16ClIO3S/c1-3-15(21)13-10-14(20)18(16(11-13)22-2)23-9-8-12-6-4-5-7-17(12)24-19/h3-7,10-11H,1,8-9H2,2H3. The van der Waals surface area contributed by atoms with Crippen LogP contribution in [0.2, 0.25) is 0 Å². The first-order valence-corrected chi connectivity index (χ1v) is 9.86. The topological polar surface area (TPSA) is 35.5 Å². The van der Waals surface area contributed by atoms with Crippen molar-refractivity contribution in [2.75, 3.05) is 13.7 Å². The van der Waals surface area contributed by atoms with Gasteiger partial charge in [-0.25, -0.2) is 0 Å². The van der Waals surface area contributed by atoms with E-state index in [-0.39, 0.29) is 5.78 Å². The Bertz CT molecular complexity index is 749. The lowest BCUT2D eigenvalue weighted by atomic mass is 10.1. The summed E-state index contributed by atoms with van der Waals surface area (Å²) < 4.78 is 12.1. The highest BCUT2D eigenvalue weighted by Crippen LogP contribution is 2.34. The van der Waals surface area contributed by atoms with Crippen LogP contribution < -0.4 is 9.47 Å². The van der Waals surface area contributed by atoms with Crippen molar-refractivity contribution >= 4 is 50.0 Å².